The van der Waals surface area contributed by atoms with Gasteiger partial charge in [-0.15, -0.1) is 0 Å². The molecule has 3 aromatic rings. The van der Waals surface area contributed by atoms with Crippen molar-refractivity contribution in [2.75, 3.05) is 18.5 Å². The van der Waals surface area contributed by atoms with E-state index in [-0.39, 0.29) is 11.4 Å². The molecular weight excluding hydrogens is 408 g/mol. The number of aromatic nitrogens is 4. The van der Waals surface area contributed by atoms with Crippen LogP contribution >= 0.6 is 0 Å². The number of rotatable bonds is 6. The van der Waals surface area contributed by atoms with Gasteiger partial charge in [-0.1, -0.05) is 13.8 Å². The Morgan fingerprint density at radius 1 is 1.25 bits per heavy atom. The summed E-state index contributed by atoms with van der Waals surface area (Å²) in [6, 6.07) is 0. The molecule has 5 rings (SSSR count). The average molecular weight is 437 g/mol. The fourth-order valence-corrected chi connectivity index (χ4v) is 4.02. The van der Waals surface area contributed by atoms with Crippen molar-refractivity contribution in [3.63, 3.8) is 0 Å². The Labute approximate surface area is 186 Å². The number of fused-ring (bicyclic) bond motifs is 2. The number of ether oxygens (including phenoxy) is 1. The third-order valence-electron chi connectivity index (χ3n) is 6.11. The predicted octanol–water partition coefficient (Wildman–Crippen LogP) is 3.52. The summed E-state index contributed by atoms with van der Waals surface area (Å²) in [6.45, 7) is 9.70. The first-order valence-electron chi connectivity index (χ1n) is 11.1. The lowest BCUT2D eigenvalue weighted by atomic mass is 10.0. The van der Waals surface area contributed by atoms with Gasteiger partial charge >= 0.3 is 0 Å². The van der Waals surface area contributed by atoms with E-state index in [1.54, 1.807) is 11.8 Å². The van der Waals surface area contributed by atoms with Crippen molar-refractivity contribution in [1.82, 2.24) is 24.8 Å². The largest absolute Gasteiger partial charge is 0.477 e. The first-order chi connectivity index (χ1) is 15.3. The van der Waals surface area contributed by atoms with E-state index in [0.29, 0.717) is 66.2 Å². The van der Waals surface area contributed by atoms with Crippen LogP contribution in [0.3, 0.4) is 0 Å². The van der Waals surface area contributed by atoms with Crippen LogP contribution in [0.15, 0.2) is 17.1 Å². The second kappa shape index (κ2) is 7.72. The highest BCUT2D eigenvalue weighted by Crippen LogP contribution is 2.40. The first-order valence-corrected chi connectivity index (χ1v) is 11.1. The standard InChI is InChI=1S/C23H28N6O3/c1-13(2)10-31-20-15-5-8-29(9-16(15)24-11-26-20)22(30)17-14(3)32-21-18(17)19(25-12-27-21)28-23(4)6-7-23/h11-13H,5-10H2,1-4H3,(H,25,27,28). The molecule has 4 heterocycles. The Morgan fingerprint density at radius 2 is 2.03 bits per heavy atom. The lowest BCUT2D eigenvalue weighted by Crippen LogP contribution is -2.37. The van der Waals surface area contributed by atoms with E-state index in [2.05, 4.69) is 46.0 Å². The predicted molar refractivity (Wildman–Crippen MR) is 119 cm³/mol. The maximum absolute atomic E-state index is 13.6. The Kier molecular flexibility index (Phi) is 4.98. The smallest absolute Gasteiger partial charge is 0.258 e. The fraction of sp³-hybridized carbons (Fsp3) is 0.522. The third kappa shape index (κ3) is 3.76. The summed E-state index contributed by atoms with van der Waals surface area (Å²) >= 11 is 0. The van der Waals surface area contributed by atoms with Crippen LogP contribution in [0.5, 0.6) is 5.88 Å². The summed E-state index contributed by atoms with van der Waals surface area (Å²) < 4.78 is 11.7. The SMILES string of the molecule is Cc1oc2ncnc(NC3(C)CC3)c2c1C(=O)N1CCc2c(ncnc2OCC(C)C)C1. The normalized spacial score (nSPS) is 16.8. The topological polar surface area (TPSA) is 106 Å². The summed E-state index contributed by atoms with van der Waals surface area (Å²) in [6.07, 6.45) is 5.77. The summed E-state index contributed by atoms with van der Waals surface area (Å²) in [7, 11) is 0. The molecule has 1 N–H and O–H groups in total. The number of amides is 1. The highest BCUT2D eigenvalue weighted by molar-refractivity contribution is 6.10. The van der Waals surface area contributed by atoms with Crippen LogP contribution in [0, 0.1) is 12.8 Å². The zero-order chi connectivity index (χ0) is 22.5. The Bertz CT molecular complexity index is 1180. The van der Waals surface area contributed by atoms with Crippen LogP contribution < -0.4 is 10.1 Å². The molecule has 0 bridgehead atoms. The van der Waals surface area contributed by atoms with Crippen molar-refractivity contribution in [2.45, 2.75) is 59.0 Å². The van der Waals surface area contributed by atoms with Gasteiger partial charge in [-0.2, -0.15) is 0 Å². The molecule has 32 heavy (non-hydrogen) atoms. The van der Waals surface area contributed by atoms with Crippen LogP contribution in [0.4, 0.5) is 5.82 Å². The maximum Gasteiger partial charge on any atom is 0.258 e. The molecule has 1 saturated carbocycles. The Morgan fingerprint density at radius 3 is 2.78 bits per heavy atom. The molecule has 0 atom stereocenters. The number of carbonyl (C=O) groups is 1. The van der Waals surface area contributed by atoms with Crippen molar-refractivity contribution in [3.8, 4) is 5.88 Å². The minimum Gasteiger partial charge on any atom is -0.477 e. The Hall–Kier alpha value is -3.23. The van der Waals surface area contributed by atoms with Crippen LogP contribution in [0.25, 0.3) is 11.1 Å². The van der Waals surface area contributed by atoms with Gasteiger partial charge in [-0.25, -0.2) is 19.9 Å². The summed E-state index contributed by atoms with van der Waals surface area (Å²) in [5.41, 5.74) is 2.76. The molecule has 9 nitrogen and oxygen atoms in total. The van der Waals surface area contributed by atoms with Crippen molar-refractivity contribution in [1.29, 1.82) is 0 Å². The van der Waals surface area contributed by atoms with Crippen LogP contribution in [0.1, 0.15) is 61.0 Å². The van der Waals surface area contributed by atoms with Gasteiger partial charge in [0.05, 0.1) is 29.8 Å². The molecule has 0 radical (unpaired) electrons. The summed E-state index contributed by atoms with van der Waals surface area (Å²) in [5, 5.41) is 4.12. The molecule has 0 aromatic carbocycles. The van der Waals surface area contributed by atoms with Crippen LogP contribution in [-0.2, 0) is 13.0 Å². The van der Waals surface area contributed by atoms with Crippen molar-refractivity contribution < 1.29 is 13.9 Å². The van der Waals surface area contributed by atoms with Gasteiger partial charge in [0.1, 0.15) is 24.2 Å². The van der Waals surface area contributed by atoms with E-state index in [4.69, 9.17) is 9.15 Å². The highest BCUT2D eigenvalue weighted by atomic mass is 16.5. The molecule has 0 saturated heterocycles. The lowest BCUT2D eigenvalue weighted by Gasteiger charge is -2.29. The van der Waals surface area contributed by atoms with Gasteiger partial charge < -0.3 is 19.4 Å². The van der Waals surface area contributed by atoms with E-state index >= 15 is 0 Å². The van der Waals surface area contributed by atoms with E-state index < -0.39 is 0 Å². The van der Waals surface area contributed by atoms with E-state index in [9.17, 15) is 4.79 Å². The average Bonchev–Trinajstić information content (AvgIpc) is 3.39. The van der Waals surface area contributed by atoms with Gasteiger partial charge in [-0.05, 0) is 39.0 Å². The molecule has 0 spiro atoms. The Balaban J connectivity index is 1.45. The number of anilines is 1. The van der Waals surface area contributed by atoms with E-state index in [0.717, 1.165) is 24.1 Å². The molecule has 2 aliphatic rings. The van der Waals surface area contributed by atoms with Gasteiger partial charge in [0.25, 0.3) is 5.91 Å². The van der Waals surface area contributed by atoms with Gasteiger partial charge in [-0.3, -0.25) is 4.79 Å². The monoisotopic (exact) mass is 436 g/mol. The minimum absolute atomic E-state index is 0.0140. The number of nitrogens with one attached hydrogen (secondary N) is 1. The van der Waals surface area contributed by atoms with Crippen molar-refractivity contribution in [3.05, 3.63) is 35.2 Å². The molecular formula is C23H28N6O3. The van der Waals surface area contributed by atoms with Gasteiger partial charge in [0.15, 0.2) is 0 Å². The van der Waals surface area contributed by atoms with Crippen molar-refractivity contribution in [2.24, 2.45) is 5.92 Å². The van der Waals surface area contributed by atoms with E-state index in [1.807, 2.05) is 0 Å². The molecule has 1 aliphatic heterocycles. The molecule has 168 valence electrons. The number of hydrogen-bond donors (Lipinski definition) is 1. The minimum atomic E-state index is -0.103. The molecule has 1 amide bonds. The number of hydrogen-bond acceptors (Lipinski definition) is 8. The second-order valence-corrected chi connectivity index (χ2v) is 9.41. The zero-order valence-corrected chi connectivity index (χ0v) is 18.9. The zero-order valence-electron chi connectivity index (χ0n) is 18.9. The number of furan rings is 1. The number of aryl methyl sites for hydroxylation is 1. The number of carbonyl (C=O) groups excluding carboxylic acids is 1. The third-order valence-corrected chi connectivity index (χ3v) is 6.11. The summed E-state index contributed by atoms with van der Waals surface area (Å²) in [5.74, 6) is 2.12. The molecule has 9 heteroatoms. The maximum atomic E-state index is 13.6. The fourth-order valence-electron chi connectivity index (χ4n) is 4.02. The first kappa shape index (κ1) is 20.7. The lowest BCUT2D eigenvalue weighted by molar-refractivity contribution is 0.0730. The molecule has 1 aliphatic carbocycles. The quantitative estimate of drug-likeness (QED) is 0.626. The highest BCUT2D eigenvalue weighted by Gasteiger charge is 2.39. The van der Waals surface area contributed by atoms with Gasteiger partial charge in [0, 0.05) is 17.6 Å². The molecule has 1 fully saturated rings. The summed E-state index contributed by atoms with van der Waals surface area (Å²) in [4.78, 5) is 32.9. The van der Waals surface area contributed by atoms with Gasteiger partial charge in [0.2, 0.25) is 11.6 Å². The van der Waals surface area contributed by atoms with Crippen molar-refractivity contribution >= 4 is 22.8 Å². The molecule has 3 aromatic heterocycles. The number of nitrogens with zero attached hydrogens (tertiary/aromatic N) is 5. The van der Waals surface area contributed by atoms with Crippen LogP contribution in [-0.4, -0.2) is 49.4 Å². The molecule has 0 unspecified atom stereocenters. The van der Waals surface area contributed by atoms with E-state index in [1.165, 1.54) is 12.7 Å². The van der Waals surface area contributed by atoms with Crippen LogP contribution in [0.2, 0.25) is 0 Å². The second-order valence-electron chi connectivity index (χ2n) is 9.41.